The van der Waals surface area contributed by atoms with Crippen LogP contribution in [-0.4, -0.2) is 38.6 Å². The first-order chi connectivity index (χ1) is 14.1. The Morgan fingerprint density at radius 1 is 0.966 bits per heavy atom. The molecular weight excluding hydrogens is 388 g/mol. The van der Waals surface area contributed by atoms with Gasteiger partial charge in [-0.25, -0.2) is 4.68 Å². The highest BCUT2D eigenvalue weighted by Gasteiger charge is 2.17. The van der Waals surface area contributed by atoms with E-state index in [1.807, 2.05) is 49.4 Å². The van der Waals surface area contributed by atoms with Crippen LogP contribution in [0.2, 0.25) is 0 Å². The molecule has 0 radical (unpaired) electrons. The van der Waals surface area contributed by atoms with Crippen molar-refractivity contribution in [3.05, 3.63) is 53.7 Å². The first-order valence-corrected chi connectivity index (χ1v) is 9.68. The molecule has 0 atom stereocenters. The van der Waals surface area contributed by atoms with Gasteiger partial charge in [0, 0.05) is 35.4 Å². The largest absolute Gasteiger partial charge is 0.497 e. The Bertz CT molecular complexity index is 1110. The van der Waals surface area contributed by atoms with Gasteiger partial charge in [0.1, 0.15) is 11.5 Å². The van der Waals surface area contributed by atoms with Gasteiger partial charge in [-0.1, -0.05) is 22.9 Å². The second-order valence-corrected chi connectivity index (χ2v) is 7.17. The number of anilines is 2. The van der Waals surface area contributed by atoms with E-state index in [-0.39, 0.29) is 0 Å². The lowest BCUT2D eigenvalue weighted by atomic mass is 10.2. The van der Waals surface area contributed by atoms with Gasteiger partial charge in [-0.15, -0.1) is 5.10 Å². The number of nitrogens with one attached hydrogen (secondary N) is 1. The fourth-order valence-corrected chi connectivity index (χ4v) is 3.42. The molecule has 4 rings (SSSR count). The van der Waals surface area contributed by atoms with Crippen LogP contribution in [0.5, 0.6) is 11.5 Å². The minimum Gasteiger partial charge on any atom is -0.497 e. The van der Waals surface area contributed by atoms with Crippen LogP contribution in [0.4, 0.5) is 10.8 Å². The standard InChI is InChI=1S/C20H20N6O2S/c1-12-5-7-14(8-6-12)21-20-22-19(24-29-20)18-13(2)26(25-23-18)15-9-16(27-3)11-17(10-15)28-4/h5-11H,1-4H3,(H,21,22,24). The van der Waals surface area contributed by atoms with E-state index in [1.54, 1.807) is 18.9 Å². The third-order valence-electron chi connectivity index (χ3n) is 4.42. The van der Waals surface area contributed by atoms with E-state index in [0.29, 0.717) is 28.1 Å². The van der Waals surface area contributed by atoms with Crippen molar-refractivity contribution in [2.45, 2.75) is 13.8 Å². The van der Waals surface area contributed by atoms with E-state index in [2.05, 4.69) is 31.9 Å². The molecule has 0 spiro atoms. The van der Waals surface area contributed by atoms with Crippen LogP contribution in [0.1, 0.15) is 11.3 Å². The third kappa shape index (κ3) is 3.90. The summed E-state index contributed by atoms with van der Waals surface area (Å²) in [5.74, 6) is 1.88. The molecule has 0 aliphatic heterocycles. The predicted molar refractivity (Wildman–Crippen MR) is 113 cm³/mol. The third-order valence-corrected chi connectivity index (χ3v) is 5.05. The lowest BCUT2D eigenvalue weighted by Gasteiger charge is -2.09. The molecule has 0 fully saturated rings. The van der Waals surface area contributed by atoms with E-state index in [9.17, 15) is 0 Å². The molecule has 29 heavy (non-hydrogen) atoms. The molecule has 2 aromatic heterocycles. The zero-order valence-corrected chi connectivity index (χ0v) is 17.3. The Morgan fingerprint density at radius 3 is 2.31 bits per heavy atom. The molecule has 2 heterocycles. The van der Waals surface area contributed by atoms with Gasteiger partial charge in [0.25, 0.3) is 0 Å². The highest BCUT2D eigenvalue weighted by Crippen LogP contribution is 2.29. The number of methoxy groups -OCH3 is 2. The highest BCUT2D eigenvalue weighted by atomic mass is 32.1. The number of aryl methyl sites for hydroxylation is 1. The van der Waals surface area contributed by atoms with Crippen molar-refractivity contribution >= 4 is 22.4 Å². The highest BCUT2D eigenvalue weighted by molar-refractivity contribution is 7.09. The number of nitrogens with zero attached hydrogens (tertiary/aromatic N) is 5. The molecule has 0 aliphatic carbocycles. The molecule has 0 saturated carbocycles. The van der Waals surface area contributed by atoms with Crippen molar-refractivity contribution in [1.82, 2.24) is 24.4 Å². The van der Waals surface area contributed by atoms with Gasteiger partial charge < -0.3 is 14.8 Å². The minimum absolute atomic E-state index is 0.531. The van der Waals surface area contributed by atoms with Crippen LogP contribution in [-0.2, 0) is 0 Å². The SMILES string of the molecule is COc1cc(OC)cc(-n2nnc(-c3nsc(Nc4ccc(C)cc4)n3)c2C)c1. The zero-order valence-electron chi connectivity index (χ0n) is 16.5. The summed E-state index contributed by atoms with van der Waals surface area (Å²) < 4.78 is 16.8. The topological polar surface area (TPSA) is 87.0 Å². The van der Waals surface area contributed by atoms with Gasteiger partial charge >= 0.3 is 0 Å². The molecule has 9 heteroatoms. The van der Waals surface area contributed by atoms with Crippen LogP contribution in [0.15, 0.2) is 42.5 Å². The molecule has 8 nitrogen and oxygen atoms in total. The second-order valence-electron chi connectivity index (χ2n) is 6.42. The maximum Gasteiger partial charge on any atom is 0.207 e. The normalized spacial score (nSPS) is 10.8. The lowest BCUT2D eigenvalue weighted by Crippen LogP contribution is -2.01. The van der Waals surface area contributed by atoms with Crippen LogP contribution in [0, 0.1) is 13.8 Å². The van der Waals surface area contributed by atoms with E-state index >= 15 is 0 Å². The number of ether oxygens (including phenoxy) is 2. The summed E-state index contributed by atoms with van der Waals surface area (Å²) in [6, 6.07) is 13.6. The minimum atomic E-state index is 0.531. The maximum absolute atomic E-state index is 5.34. The summed E-state index contributed by atoms with van der Waals surface area (Å²) in [4.78, 5) is 4.56. The summed E-state index contributed by atoms with van der Waals surface area (Å²) in [6.45, 7) is 3.98. The van der Waals surface area contributed by atoms with E-state index in [1.165, 1.54) is 17.1 Å². The monoisotopic (exact) mass is 408 g/mol. The summed E-state index contributed by atoms with van der Waals surface area (Å²) >= 11 is 1.28. The van der Waals surface area contributed by atoms with E-state index in [0.717, 1.165) is 17.1 Å². The number of rotatable bonds is 6. The molecule has 0 aliphatic rings. The van der Waals surface area contributed by atoms with Gasteiger partial charge in [0.2, 0.25) is 5.13 Å². The van der Waals surface area contributed by atoms with E-state index < -0.39 is 0 Å². The van der Waals surface area contributed by atoms with Crippen molar-refractivity contribution in [3.8, 4) is 28.7 Å². The molecule has 2 aromatic carbocycles. The number of hydrogen-bond donors (Lipinski definition) is 1. The average Bonchev–Trinajstić information content (AvgIpc) is 3.35. The molecule has 1 N–H and O–H groups in total. The van der Waals surface area contributed by atoms with Crippen molar-refractivity contribution < 1.29 is 9.47 Å². The van der Waals surface area contributed by atoms with Gasteiger partial charge in [-0.3, -0.25) is 0 Å². The van der Waals surface area contributed by atoms with Gasteiger partial charge in [0.05, 0.1) is 25.6 Å². The molecule has 148 valence electrons. The molecule has 0 unspecified atom stereocenters. The van der Waals surface area contributed by atoms with Crippen molar-refractivity contribution in [2.75, 3.05) is 19.5 Å². The van der Waals surface area contributed by atoms with Gasteiger partial charge in [-0.2, -0.15) is 9.36 Å². The Labute approximate surface area is 172 Å². The van der Waals surface area contributed by atoms with Crippen molar-refractivity contribution in [1.29, 1.82) is 0 Å². The molecule has 4 aromatic rings. The summed E-state index contributed by atoms with van der Waals surface area (Å²) in [7, 11) is 3.22. The fourth-order valence-electron chi connectivity index (χ4n) is 2.83. The summed E-state index contributed by atoms with van der Waals surface area (Å²) in [5.41, 5.74) is 4.39. The lowest BCUT2D eigenvalue weighted by molar-refractivity contribution is 0.393. The molecule has 0 amide bonds. The smallest absolute Gasteiger partial charge is 0.207 e. The second kappa shape index (κ2) is 7.88. The van der Waals surface area contributed by atoms with Gasteiger partial charge in [0.15, 0.2) is 11.5 Å². The summed E-state index contributed by atoms with van der Waals surface area (Å²) in [6.07, 6.45) is 0. The Kier molecular flexibility index (Phi) is 5.13. The van der Waals surface area contributed by atoms with Crippen LogP contribution in [0.25, 0.3) is 17.2 Å². The van der Waals surface area contributed by atoms with E-state index in [4.69, 9.17) is 9.47 Å². The predicted octanol–water partition coefficient (Wildman–Crippen LogP) is 4.16. The van der Waals surface area contributed by atoms with Crippen LogP contribution < -0.4 is 14.8 Å². The Balaban J connectivity index is 1.62. The molecule has 0 bridgehead atoms. The first kappa shape index (κ1) is 18.9. The molecule has 0 saturated heterocycles. The quantitative estimate of drug-likeness (QED) is 0.512. The maximum atomic E-state index is 5.34. The zero-order chi connectivity index (χ0) is 20.4. The fraction of sp³-hybridized carbons (Fsp3) is 0.200. The Morgan fingerprint density at radius 2 is 1.66 bits per heavy atom. The molecular formula is C20H20N6O2S. The first-order valence-electron chi connectivity index (χ1n) is 8.91. The summed E-state index contributed by atoms with van der Waals surface area (Å²) in [5, 5.41) is 12.5. The van der Waals surface area contributed by atoms with Gasteiger partial charge in [-0.05, 0) is 26.0 Å². The Hall–Kier alpha value is -3.46. The average molecular weight is 408 g/mol. The van der Waals surface area contributed by atoms with Crippen molar-refractivity contribution in [3.63, 3.8) is 0 Å². The number of hydrogen-bond acceptors (Lipinski definition) is 8. The number of aromatic nitrogens is 5. The van der Waals surface area contributed by atoms with Crippen molar-refractivity contribution in [2.24, 2.45) is 0 Å². The number of benzene rings is 2. The van der Waals surface area contributed by atoms with Crippen LogP contribution >= 0.6 is 11.5 Å². The van der Waals surface area contributed by atoms with Crippen LogP contribution in [0.3, 0.4) is 0 Å².